The van der Waals surface area contributed by atoms with Gasteiger partial charge in [-0.1, -0.05) is 18.2 Å². The summed E-state index contributed by atoms with van der Waals surface area (Å²) in [6.07, 6.45) is 0.515. The largest absolute Gasteiger partial charge is 0.317 e. The van der Waals surface area contributed by atoms with Gasteiger partial charge in [0.05, 0.1) is 16.2 Å². The normalized spacial score (nSPS) is 17.2. The number of hydrogen-bond donors (Lipinski definition) is 2. The maximum Gasteiger partial charge on any atom is 0.226 e. The Morgan fingerprint density at radius 3 is 2.52 bits per heavy atom. The molecule has 0 aliphatic carbocycles. The molecule has 2 N–H and O–H groups in total. The van der Waals surface area contributed by atoms with Gasteiger partial charge < -0.3 is 10.6 Å². The maximum atomic E-state index is 12.5. The third kappa shape index (κ3) is 4.53. The van der Waals surface area contributed by atoms with E-state index in [0.29, 0.717) is 17.0 Å². The molecule has 2 heterocycles. The number of sulfone groups is 1. The molecule has 1 aliphatic heterocycles. The average molecular weight is 432 g/mol. The smallest absolute Gasteiger partial charge is 0.226 e. The second-order valence-corrected chi connectivity index (χ2v) is 11.6. The Bertz CT molecular complexity index is 1080. The van der Waals surface area contributed by atoms with Crippen molar-refractivity contribution in [3.05, 3.63) is 46.3 Å². The number of carbonyl (C=O) groups is 1. The third-order valence-electron chi connectivity index (χ3n) is 4.91. The Balaban J connectivity index is 1.79. The number of hydrogen-bond acceptors (Lipinski definition) is 6. The molecule has 0 bridgehead atoms. The number of rotatable bonds is 5. The summed E-state index contributed by atoms with van der Waals surface area (Å²) in [6, 6.07) is 10.3. The summed E-state index contributed by atoms with van der Waals surface area (Å²) in [7, 11) is -3.53. The third-order valence-corrected chi connectivity index (χ3v) is 8.11. The number of nitrogens with zero attached hydrogens (tertiary/aromatic N) is 1. The van der Waals surface area contributed by atoms with E-state index in [4.69, 9.17) is 0 Å². The Labute approximate surface area is 175 Å². The van der Waals surface area contributed by atoms with E-state index < -0.39 is 15.7 Å². The number of benzene rings is 1. The molecular formula is C21H25N3O3S2. The minimum absolute atomic E-state index is 0.169. The zero-order valence-electron chi connectivity index (χ0n) is 17.0. The number of thiophene rings is 1. The van der Waals surface area contributed by atoms with Gasteiger partial charge in [-0.25, -0.2) is 8.42 Å². The molecule has 1 amide bonds. The van der Waals surface area contributed by atoms with Gasteiger partial charge in [-0.05, 0) is 51.8 Å². The van der Waals surface area contributed by atoms with Crippen molar-refractivity contribution in [3.8, 4) is 6.07 Å². The molecule has 154 valence electrons. The van der Waals surface area contributed by atoms with Crippen molar-refractivity contribution in [2.24, 2.45) is 0 Å². The van der Waals surface area contributed by atoms with Crippen LogP contribution < -0.4 is 10.6 Å². The van der Waals surface area contributed by atoms with E-state index in [2.05, 4.69) is 44.4 Å². The first-order valence-corrected chi connectivity index (χ1v) is 11.9. The van der Waals surface area contributed by atoms with Crippen molar-refractivity contribution < 1.29 is 13.2 Å². The van der Waals surface area contributed by atoms with E-state index in [-0.39, 0.29) is 28.1 Å². The number of nitrogens with one attached hydrogen (secondary N) is 2. The summed E-state index contributed by atoms with van der Waals surface area (Å²) in [4.78, 5) is 13.7. The molecule has 0 atom stereocenters. The lowest BCUT2D eigenvalue weighted by atomic mass is 9.81. The van der Waals surface area contributed by atoms with Crippen LogP contribution in [-0.4, -0.2) is 25.6 Å². The number of anilines is 1. The van der Waals surface area contributed by atoms with Crippen LogP contribution in [0.3, 0.4) is 0 Å². The summed E-state index contributed by atoms with van der Waals surface area (Å²) >= 11 is 1.39. The molecule has 6 nitrogen and oxygen atoms in total. The average Bonchev–Trinajstić information content (AvgIpc) is 2.97. The van der Waals surface area contributed by atoms with Crippen LogP contribution >= 0.6 is 11.3 Å². The Kier molecular flexibility index (Phi) is 5.60. The molecule has 8 heteroatoms. The van der Waals surface area contributed by atoms with Crippen molar-refractivity contribution in [1.82, 2.24) is 5.32 Å². The molecular weight excluding hydrogens is 406 g/mol. The van der Waals surface area contributed by atoms with Crippen LogP contribution in [-0.2, 0) is 26.6 Å². The summed E-state index contributed by atoms with van der Waals surface area (Å²) in [5.74, 6) is -0.694. The molecule has 1 aliphatic rings. The van der Waals surface area contributed by atoms with Crippen LogP contribution in [0.5, 0.6) is 0 Å². The van der Waals surface area contributed by atoms with Gasteiger partial charge in [0.15, 0.2) is 9.84 Å². The van der Waals surface area contributed by atoms with E-state index >= 15 is 0 Å². The van der Waals surface area contributed by atoms with Crippen molar-refractivity contribution >= 4 is 32.1 Å². The van der Waals surface area contributed by atoms with Crippen LogP contribution in [0.1, 0.15) is 50.1 Å². The Morgan fingerprint density at radius 2 is 1.90 bits per heavy atom. The van der Waals surface area contributed by atoms with Crippen LogP contribution in [0.25, 0.3) is 0 Å². The molecule has 3 rings (SSSR count). The van der Waals surface area contributed by atoms with Gasteiger partial charge in [-0.3, -0.25) is 4.79 Å². The zero-order chi connectivity index (χ0) is 21.4. The minimum atomic E-state index is -3.53. The molecule has 29 heavy (non-hydrogen) atoms. The highest BCUT2D eigenvalue weighted by Gasteiger charge is 2.40. The van der Waals surface area contributed by atoms with Crippen LogP contribution in [0, 0.1) is 11.3 Å². The van der Waals surface area contributed by atoms with Crippen LogP contribution in [0.15, 0.2) is 35.2 Å². The molecule has 0 saturated carbocycles. The predicted octanol–water partition coefficient (Wildman–Crippen LogP) is 3.58. The zero-order valence-corrected chi connectivity index (χ0v) is 18.6. The molecule has 2 aromatic rings. The standard InChI is InChI=1S/C21H25N3O3S2/c1-20(2)12-15-16(13-22)19(28-18(15)21(3,4)24-20)23-17(25)10-11-29(26,27)14-8-6-5-7-9-14/h5-9,24H,10-12H2,1-4H3,(H,23,25). The van der Waals surface area contributed by atoms with Crippen LogP contribution in [0.4, 0.5) is 5.00 Å². The van der Waals surface area contributed by atoms with Crippen molar-refractivity contribution in [1.29, 1.82) is 5.26 Å². The summed E-state index contributed by atoms with van der Waals surface area (Å²) in [5, 5.41) is 16.6. The molecule has 0 spiro atoms. The number of carbonyl (C=O) groups excluding carboxylic acids is 1. The lowest BCUT2D eigenvalue weighted by Crippen LogP contribution is -2.54. The highest BCUT2D eigenvalue weighted by Crippen LogP contribution is 2.44. The summed E-state index contributed by atoms with van der Waals surface area (Å²) < 4.78 is 24.8. The van der Waals surface area contributed by atoms with E-state index in [0.717, 1.165) is 10.4 Å². The number of nitriles is 1. The van der Waals surface area contributed by atoms with Gasteiger partial charge in [0.2, 0.25) is 5.91 Å². The highest BCUT2D eigenvalue weighted by molar-refractivity contribution is 7.91. The molecule has 1 aromatic carbocycles. The molecule has 0 fully saturated rings. The van der Waals surface area contributed by atoms with Gasteiger partial charge in [-0.15, -0.1) is 11.3 Å². The quantitative estimate of drug-likeness (QED) is 0.754. The molecule has 1 aromatic heterocycles. The lowest BCUT2D eigenvalue weighted by molar-refractivity contribution is -0.115. The highest BCUT2D eigenvalue weighted by atomic mass is 32.2. The van der Waals surface area contributed by atoms with Gasteiger partial charge >= 0.3 is 0 Å². The molecule has 0 radical (unpaired) electrons. The first kappa shape index (κ1) is 21.5. The van der Waals surface area contributed by atoms with Crippen molar-refractivity contribution in [2.75, 3.05) is 11.1 Å². The van der Waals surface area contributed by atoms with Gasteiger partial charge in [0.1, 0.15) is 11.1 Å². The molecule has 0 unspecified atom stereocenters. The SMILES string of the molecule is CC1(C)Cc2c(sc(NC(=O)CCS(=O)(=O)c3ccccc3)c2C#N)C(C)(C)N1. The van der Waals surface area contributed by atoms with Gasteiger partial charge in [0, 0.05) is 22.4 Å². The first-order chi connectivity index (χ1) is 13.5. The number of fused-ring (bicyclic) bond motifs is 1. The first-order valence-electron chi connectivity index (χ1n) is 9.38. The molecule has 0 saturated heterocycles. The predicted molar refractivity (Wildman–Crippen MR) is 115 cm³/mol. The lowest BCUT2D eigenvalue weighted by Gasteiger charge is -2.42. The van der Waals surface area contributed by atoms with E-state index in [9.17, 15) is 18.5 Å². The Hall–Kier alpha value is -2.21. The minimum Gasteiger partial charge on any atom is -0.317 e. The maximum absolute atomic E-state index is 12.5. The van der Waals surface area contributed by atoms with Gasteiger partial charge in [-0.2, -0.15) is 5.26 Å². The van der Waals surface area contributed by atoms with Crippen LogP contribution in [0.2, 0.25) is 0 Å². The second kappa shape index (κ2) is 7.56. The van der Waals surface area contributed by atoms with Gasteiger partial charge in [0.25, 0.3) is 0 Å². The second-order valence-electron chi connectivity index (χ2n) is 8.47. The fourth-order valence-corrected chi connectivity index (χ4v) is 6.40. The Morgan fingerprint density at radius 1 is 1.24 bits per heavy atom. The van der Waals surface area contributed by atoms with Crippen molar-refractivity contribution in [3.63, 3.8) is 0 Å². The number of amides is 1. The topological polar surface area (TPSA) is 99.1 Å². The fraction of sp³-hybridized carbons (Fsp3) is 0.429. The summed E-state index contributed by atoms with van der Waals surface area (Å²) in [6.45, 7) is 8.29. The monoisotopic (exact) mass is 431 g/mol. The van der Waals surface area contributed by atoms with E-state index in [1.54, 1.807) is 18.2 Å². The van der Waals surface area contributed by atoms with Crippen molar-refractivity contribution in [2.45, 2.75) is 56.5 Å². The summed E-state index contributed by atoms with van der Waals surface area (Å²) in [5.41, 5.74) is 0.937. The van der Waals surface area contributed by atoms with E-state index in [1.165, 1.54) is 23.5 Å². The fourth-order valence-electron chi connectivity index (χ4n) is 3.90. The van der Waals surface area contributed by atoms with E-state index in [1.807, 2.05) is 0 Å².